The molecule has 2 aromatic rings. The molecule has 1 heterocycles. The predicted octanol–water partition coefficient (Wildman–Crippen LogP) is 2.99. The molecule has 3 N–H and O–H groups in total. The van der Waals surface area contributed by atoms with Crippen LogP contribution in [0.5, 0.6) is 0 Å². The molecule has 2 aromatic carbocycles. The van der Waals surface area contributed by atoms with E-state index in [1.165, 1.54) is 6.07 Å². The molecule has 4 nitrogen and oxygen atoms in total. The number of rotatable bonds is 4. The highest BCUT2D eigenvalue weighted by molar-refractivity contribution is 5.94. The van der Waals surface area contributed by atoms with Gasteiger partial charge in [0, 0.05) is 36.9 Å². The smallest absolute Gasteiger partial charge is 0.251 e. The third-order valence-electron chi connectivity index (χ3n) is 4.71. The Hall–Kier alpha value is -2.40. The summed E-state index contributed by atoms with van der Waals surface area (Å²) in [5.41, 5.74) is 9.20. The number of anilines is 1. The fourth-order valence-electron chi connectivity index (χ4n) is 3.35. The number of aryl methyl sites for hydroxylation is 1. The zero-order valence-electron chi connectivity index (χ0n) is 14.5. The summed E-state index contributed by atoms with van der Waals surface area (Å²) in [6.45, 7) is 4.04. The highest BCUT2D eigenvalue weighted by Gasteiger charge is 2.23. The van der Waals surface area contributed by atoms with Crippen molar-refractivity contribution in [1.29, 1.82) is 0 Å². The van der Waals surface area contributed by atoms with E-state index in [9.17, 15) is 9.18 Å². The van der Waals surface area contributed by atoms with Gasteiger partial charge in [0.25, 0.3) is 5.91 Å². The topological polar surface area (TPSA) is 58.4 Å². The molecule has 1 atom stereocenters. The summed E-state index contributed by atoms with van der Waals surface area (Å²) in [6, 6.07) is 12.3. The minimum atomic E-state index is -0.218. The van der Waals surface area contributed by atoms with Crippen molar-refractivity contribution in [2.75, 3.05) is 18.0 Å². The monoisotopic (exact) mass is 341 g/mol. The van der Waals surface area contributed by atoms with E-state index < -0.39 is 0 Å². The van der Waals surface area contributed by atoms with Crippen LogP contribution in [0.25, 0.3) is 0 Å². The third-order valence-corrected chi connectivity index (χ3v) is 4.71. The van der Waals surface area contributed by atoms with Gasteiger partial charge in [0.1, 0.15) is 5.82 Å². The second-order valence-corrected chi connectivity index (χ2v) is 6.59. The normalized spacial score (nSPS) is 17.4. The molecule has 1 aliphatic rings. The number of halogens is 1. The standard InChI is InChI=1S/C20H24FN3O/c1-14-11-17(21)8-9-19(14)24-10-2-3-18(13-24)23-20(25)16-6-4-15(12-22)5-7-16/h4-9,11,18H,2-3,10,12-13,22H2,1H3,(H,23,25). The molecule has 3 rings (SSSR count). The van der Waals surface area contributed by atoms with Crippen LogP contribution in [-0.2, 0) is 6.54 Å². The molecule has 0 aliphatic carbocycles. The molecule has 1 amide bonds. The van der Waals surface area contributed by atoms with E-state index in [4.69, 9.17) is 5.73 Å². The van der Waals surface area contributed by atoms with Gasteiger partial charge in [-0.1, -0.05) is 12.1 Å². The van der Waals surface area contributed by atoms with E-state index in [2.05, 4.69) is 10.2 Å². The van der Waals surface area contributed by atoms with Crippen LogP contribution in [0, 0.1) is 12.7 Å². The Morgan fingerprint density at radius 1 is 1.28 bits per heavy atom. The Labute approximate surface area is 147 Å². The van der Waals surface area contributed by atoms with Gasteiger partial charge in [0.05, 0.1) is 0 Å². The van der Waals surface area contributed by atoms with Gasteiger partial charge < -0.3 is 16.0 Å². The van der Waals surface area contributed by atoms with Gasteiger partial charge in [-0.3, -0.25) is 4.79 Å². The first-order valence-corrected chi connectivity index (χ1v) is 8.68. The zero-order valence-corrected chi connectivity index (χ0v) is 14.5. The lowest BCUT2D eigenvalue weighted by Gasteiger charge is -2.35. The fourth-order valence-corrected chi connectivity index (χ4v) is 3.35. The summed E-state index contributed by atoms with van der Waals surface area (Å²) in [6.07, 6.45) is 1.94. The number of benzene rings is 2. The van der Waals surface area contributed by atoms with Gasteiger partial charge in [-0.15, -0.1) is 0 Å². The fraction of sp³-hybridized carbons (Fsp3) is 0.350. The number of carbonyl (C=O) groups is 1. The van der Waals surface area contributed by atoms with E-state index in [-0.39, 0.29) is 17.8 Å². The Morgan fingerprint density at radius 2 is 2.04 bits per heavy atom. The van der Waals surface area contributed by atoms with E-state index in [0.29, 0.717) is 12.1 Å². The number of nitrogens with zero attached hydrogens (tertiary/aromatic N) is 1. The van der Waals surface area contributed by atoms with Gasteiger partial charge in [-0.2, -0.15) is 0 Å². The average Bonchev–Trinajstić information content (AvgIpc) is 2.62. The number of amides is 1. The van der Waals surface area contributed by atoms with E-state index >= 15 is 0 Å². The summed E-state index contributed by atoms with van der Waals surface area (Å²) in [4.78, 5) is 14.7. The molecule has 1 fully saturated rings. The van der Waals surface area contributed by atoms with Crippen molar-refractivity contribution in [2.24, 2.45) is 5.73 Å². The van der Waals surface area contributed by atoms with Crippen molar-refractivity contribution in [1.82, 2.24) is 5.32 Å². The number of nitrogens with two attached hydrogens (primary N) is 1. The molecule has 0 spiro atoms. The Morgan fingerprint density at radius 3 is 2.72 bits per heavy atom. The number of hydrogen-bond donors (Lipinski definition) is 2. The molecule has 0 radical (unpaired) electrons. The first-order valence-electron chi connectivity index (χ1n) is 8.68. The van der Waals surface area contributed by atoms with E-state index in [0.717, 1.165) is 42.7 Å². The zero-order chi connectivity index (χ0) is 17.8. The van der Waals surface area contributed by atoms with Gasteiger partial charge in [0.15, 0.2) is 0 Å². The summed E-state index contributed by atoms with van der Waals surface area (Å²) < 4.78 is 13.3. The van der Waals surface area contributed by atoms with Crippen molar-refractivity contribution in [3.8, 4) is 0 Å². The maximum Gasteiger partial charge on any atom is 0.251 e. The summed E-state index contributed by atoms with van der Waals surface area (Å²) in [7, 11) is 0. The van der Waals surface area contributed by atoms with Crippen LogP contribution in [0.4, 0.5) is 10.1 Å². The third kappa shape index (κ3) is 4.17. The summed E-state index contributed by atoms with van der Waals surface area (Å²) >= 11 is 0. The van der Waals surface area contributed by atoms with Gasteiger partial charge in [-0.05, 0) is 61.2 Å². The van der Waals surface area contributed by atoms with Crippen molar-refractivity contribution >= 4 is 11.6 Å². The molecule has 0 aromatic heterocycles. The quantitative estimate of drug-likeness (QED) is 0.899. The van der Waals surface area contributed by atoms with Gasteiger partial charge >= 0.3 is 0 Å². The maximum atomic E-state index is 13.3. The molecular formula is C20H24FN3O. The second-order valence-electron chi connectivity index (χ2n) is 6.59. The van der Waals surface area contributed by atoms with Crippen LogP contribution in [0.15, 0.2) is 42.5 Å². The number of hydrogen-bond acceptors (Lipinski definition) is 3. The minimum absolute atomic E-state index is 0.0637. The molecule has 0 saturated carbocycles. The molecule has 1 aliphatic heterocycles. The average molecular weight is 341 g/mol. The minimum Gasteiger partial charge on any atom is -0.369 e. The summed E-state index contributed by atoms with van der Waals surface area (Å²) in [5, 5.41) is 3.12. The van der Waals surface area contributed by atoms with Crippen LogP contribution < -0.4 is 16.0 Å². The molecule has 25 heavy (non-hydrogen) atoms. The van der Waals surface area contributed by atoms with Gasteiger partial charge in [0.2, 0.25) is 0 Å². The molecule has 1 saturated heterocycles. The summed E-state index contributed by atoms with van der Waals surface area (Å²) in [5.74, 6) is -0.282. The number of nitrogens with one attached hydrogen (secondary N) is 1. The molecule has 1 unspecified atom stereocenters. The predicted molar refractivity (Wildman–Crippen MR) is 98.2 cm³/mol. The lowest BCUT2D eigenvalue weighted by molar-refractivity contribution is 0.0933. The largest absolute Gasteiger partial charge is 0.369 e. The van der Waals surface area contributed by atoms with Crippen molar-refractivity contribution in [3.63, 3.8) is 0 Å². The van der Waals surface area contributed by atoms with Crippen molar-refractivity contribution in [3.05, 3.63) is 65.0 Å². The van der Waals surface area contributed by atoms with Crippen LogP contribution in [0.2, 0.25) is 0 Å². The molecule has 0 bridgehead atoms. The van der Waals surface area contributed by atoms with E-state index in [1.807, 2.05) is 37.3 Å². The SMILES string of the molecule is Cc1cc(F)ccc1N1CCCC(NC(=O)c2ccc(CN)cc2)C1. The molecular weight excluding hydrogens is 317 g/mol. The lowest BCUT2D eigenvalue weighted by atomic mass is 10.0. The lowest BCUT2D eigenvalue weighted by Crippen LogP contribution is -2.48. The molecule has 132 valence electrons. The highest BCUT2D eigenvalue weighted by atomic mass is 19.1. The van der Waals surface area contributed by atoms with Crippen LogP contribution in [-0.4, -0.2) is 25.0 Å². The van der Waals surface area contributed by atoms with Crippen molar-refractivity contribution < 1.29 is 9.18 Å². The second kappa shape index (κ2) is 7.66. The molecule has 5 heteroatoms. The maximum absolute atomic E-state index is 13.3. The Kier molecular flexibility index (Phi) is 5.34. The van der Waals surface area contributed by atoms with Crippen LogP contribution in [0.3, 0.4) is 0 Å². The van der Waals surface area contributed by atoms with Gasteiger partial charge in [-0.25, -0.2) is 4.39 Å². The van der Waals surface area contributed by atoms with E-state index in [1.54, 1.807) is 6.07 Å². The number of piperidine rings is 1. The van der Waals surface area contributed by atoms with Crippen LogP contribution in [0.1, 0.15) is 34.3 Å². The van der Waals surface area contributed by atoms with Crippen LogP contribution >= 0.6 is 0 Å². The Balaban J connectivity index is 1.65. The van der Waals surface area contributed by atoms with Crippen molar-refractivity contribution in [2.45, 2.75) is 32.4 Å². The first-order chi connectivity index (χ1) is 12.1. The Bertz CT molecular complexity index is 745. The first kappa shape index (κ1) is 17.4. The number of carbonyl (C=O) groups excluding carboxylic acids is 1. The highest BCUT2D eigenvalue weighted by Crippen LogP contribution is 2.24.